The second-order valence-corrected chi connectivity index (χ2v) is 8.17. The standard InChI is InChI=1S/C23H25F3N4O3/c1-15-21(31)30(18-7-9-19(10-8-18)33-23(24,25)26)22(32)29(15)14-16-11-12-27-13-20(16)28-17-5-3-2-4-6-17/h7-13,17,28,31H,2-6,14H2,1H3. The number of rotatable bonds is 6. The van der Waals surface area contributed by atoms with Crippen molar-refractivity contribution in [2.24, 2.45) is 0 Å². The van der Waals surface area contributed by atoms with Crippen molar-refractivity contribution in [3.8, 4) is 17.3 Å². The molecule has 1 aliphatic carbocycles. The van der Waals surface area contributed by atoms with E-state index in [0.717, 1.165) is 40.8 Å². The third-order valence-corrected chi connectivity index (χ3v) is 5.90. The van der Waals surface area contributed by atoms with Gasteiger partial charge in [0.05, 0.1) is 29.8 Å². The molecule has 33 heavy (non-hydrogen) atoms. The predicted octanol–water partition coefficient (Wildman–Crippen LogP) is 4.74. The van der Waals surface area contributed by atoms with E-state index < -0.39 is 17.8 Å². The van der Waals surface area contributed by atoms with Crippen molar-refractivity contribution in [2.75, 3.05) is 5.32 Å². The number of pyridine rings is 1. The molecule has 3 aromatic rings. The molecule has 1 saturated carbocycles. The summed E-state index contributed by atoms with van der Waals surface area (Å²) in [6.45, 7) is 1.82. The monoisotopic (exact) mass is 462 g/mol. The van der Waals surface area contributed by atoms with Crippen LogP contribution in [-0.4, -0.2) is 31.6 Å². The van der Waals surface area contributed by atoms with Gasteiger partial charge < -0.3 is 15.2 Å². The zero-order valence-corrected chi connectivity index (χ0v) is 18.1. The number of nitrogens with one attached hydrogen (secondary N) is 1. The predicted molar refractivity (Wildman–Crippen MR) is 117 cm³/mol. The van der Waals surface area contributed by atoms with Crippen LogP contribution in [0.2, 0.25) is 0 Å². The first-order chi connectivity index (χ1) is 15.7. The molecule has 1 fully saturated rings. The van der Waals surface area contributed by atoms with Crippen molar-refractivity contribution in [3.05, 3.63) is 64.5 Å². The van der Waals surface area contributed by atoms with Gasteiger partial charge >= 0.3 is 12.1 Å². The average Bonchev–Trinajstić information content (AvgIpc) is 2.98. The van der Waals surface area contributed by atoms with Crippen LogP contribution in [0.15, 0.2) is 47.5 Å². The SMILES string of the molecule is Cc1c(O)n(-c2ccc(OC(F)(F)F)cc2)c(=O)n1Cc1ccncc1NC1CCCCC1. The number of alkyl halides is 3. The van der Waals surface area contributed by atoms with Crippen LogP contribution in [0.3, 0.4) is 0 Å². The number of ether oxygens (including phenoxy) is 1. The molecule has 0 aliphatic heterocycles. The van der Waals surface area contributed by atoms with E-state index in [1.165, 1.54) is 36.0 Å². The maximum Gasteiger partial charge on any atom is 0.573 e. The molecular formula is C23H25F3N4O3. The smallest absolute Gasteiger partial charge is 0.493 e. The van der Waals surface area contributed by atoms with E-state index in [1.54, 1.807) is 19.3 Å². The van der Waals surface area contributed by atoms with E-state index in [-0.39, 0.29) is 18.1 Å². The van der Waals surface area contributed by atoms with E-state index in [2.05, 4.69) is 15.0 Å². The van der Waals surface area contributed by atoms with Crippen molar-refractivity contribution < 1.29 is 23.0 Å². The van der Waals surface area contributed by atoms with Crippen LogP contribution in [0.5, 0.6) is 11.6 Å². The molecule has 2 aromatic heterocycles. The Morgan fingerprint density at radius 3 is 2.52 bits per heavy atom. The lowest BCUT2D eigenvalue weighted by atomic mass is 9.95. The number of anilines is 1. The summed E-state index contributed by atoms with van der Waals surface area (Å²) in [6, 6.07) is 6.94. The Kier molecular flexibility index (Phi) is 6.35. The highest BCUT2D eigenvalue weighted by atomic mass is 19.4. The number of halogens is 3. The minimum Gasteiger partial charge on any atom is -0.493 e. The fourth-order valence-electron chi connectivity index (χ4n) is 4.18. The van der Waals surface area contributed by atoms with Crippen LogP contribution >= 0.6 is 0 Å². The van der Waals surface area contributed by atoms with Gasteiger partial charge in [0, 0.05) is 12.2 Å². The Morgan fingerprint density at radius 1 is 1.15 bits per heavy atom. The Morgan fingerprint density at radius 2 is 1.85 bits per heavy atom. The van der Waals surface area contributed by atoms with Crippen LogP contribution in [0, 0.1) is 6.92 Å². The molecular weight excluding hydrogens is 437 g/mol. The molecule has 10 heteroatoms. The van der Waals surface area contributed by atoms with E-state index in [1.807, 2.05) is 6.07 Å². The van der Waals surface area contributed by atoms with Gasteiger partial charge in [-0.2, -0.15) is 0 Å². The van der Waals surface area contributed by atoms with Crippen molar-refractivity contribution in [1.29, 1.82) is 0 Å². The molecule has 2 heterocycles. The van der Waals surface area contributed by atoms with Gasteiger partial charge in [-0.1, -0.05) is 19.3 Å². The van der Waals surface area contributed by atoms with Crippen LogP contribution in [0.25, 0.3) is 5.69 Å². The lowest BCUT2D eigenvalue weighted by Crippen LogP contribution is -2.26. The fraction of sp³-hybridized carbons (Fsp3) is 0.391. The Bertz CT molecular complexity index is 1160. The van der Waals surface area contributed by atoms with Gasteiger partial charge in [-0.05, 0) is 55.7 Å². The maximum atomic E-state index is 13.1. The van der Waals surface area contributed by atoms with Gasteiger partial charge in [0.25, 0.3) is 0 Å². The van der Waals surface area contributed by atoms with Crippen LogP contribution < -0.4 is 15.7 Å². The van der Waals surface area contributed by atoms with E-state index in [9.17, 15) is 23.1 Å². The molecule has 0 unspecified atom stereocenters. The highest BCUT2D eigenvalue weighted by Gasteiger charge is 2.31. The second-order valence-electron chi connectivity index (χ2n) is 8.17. The average molecular weight is 462 g/mol. The lowest BCUT2D eigenvalue weighted by molar-refractivity contribution is -0.274. The maximum absolute atomic E-state index is 13.1. The minimum absolute atomic E-state index is 0.206. The van der Waals surface area contributed by atoms with Crippen LogP contribution in [0.4, 0.5) is 18.9 Å². The molecule has 4 rings (SSSR count). The summed E-state index contributed by atoms with van der Waals surface area (Å²) in [6.07, 6.45) is 4.33. The van der Waals surface area contributed by atoms with Gasteiger partial charge in [0.15, 0.2) is 0 Å². The summed E-state index contributed by atoms with van der Waals surface area (Å²) in [5.74, 6) is -0.689. The summed E-state index contributed by atoms with van der Waals surface area (Å²) < 4.78 is 43.6. The van der Waals surface area contributed by atoms with Crippen molar-refractivity contribution in [2.45, 2.75) is 58.0 Å². The number of aromatic nitrogens is 3. The van der Waals surface area contributed by atoms with Gasteiger partial charge in [-0.25, -0.2) is 9.36 Å². The Labute approximate surface area is 188 Å². The fourth-order valence-corrected chi connectivity index (χ4v) is 4.18. The number of benzene rings is 1. The molecule has 1 aromatic carbocycles. The first-order valence-corrected chi connectivity index (χ1v) is 10.8. The minimum atomic E-state index is -4.81. The van der Waals surface area contributed by atoms with Gasteiger partial charge in [0.2, 0.25) is 5.88 Å². The molecule has 0 atom stereocenters. The Hall–Kier alpha value is -3.43. The van der Waals surface area contributed by atoms with Gasteiger partial charge in [-0.15, -0.1) is 13.2 Å². The van der Waals surface area contributed by atoms with Crippen molar-refractivity contribution >= 4 is 5.69 Å². The number of hydrogen-bond donors (Lipinski definition) is 2. The van der Waals surface area contributed by atoms with Crippen LogP contribution in [-0.2, 0) is 6.54 Å². The molecule has 1 aliphatic rings. The van der Waals surface area contributed by atoms with Crippen LogP contribution in [0.1, 0.15) is 43.4 Å². The van der Waals surface area contributed by atoms with E-state index in [4.69, 9.17) is 0 Å². The van der Waals surface area contributed by atoms with E-state index in [0.29, 0.717) is 11.7 Å². The number of aromatic hydroxyl groups is 1. The molecule has 7 nitrogen and oxygen atoms in total. The second kappa shape index (κ2) is 9.21. The summed E-state index contributed by atoms with van der Waals surface area (Å²) in [7, 11) is 0. The normalized spacial score (nSPS) is 14.9. The first kappa shape index (κ1) is 22.8. The zero-order chi connectivity index (χ0) is 23.6. The number of nitrogens with zero attached hydrogens (tertiary/aromatic N) is 3. The number of hydrogen-bond acceptors (Lipinski definition) is 5. The van der Waals surface area contributed by atoms with Gasteiger partial charge in [0.1, 0.15) is 5.75 Å². The quantitative estimate of drug-likeness (QED) is 0.553. The van der Waals surface area contributed by atoms with E-state index >= 15 is 0 Å². The summed E-state index contributed by atoms with van der Waals surface area (Å²) in [4.78, 5) is 17.4. The molecule has 0 radical (unpaired) electrons. The topological polar surface area (TPSA) is 81.3 Å². The third-order valence-electron chi connectivity index (χ3n) is 5.90. The summed E-state index contributed by atoms with van der Waals surface area (Å²) >= 11 is 0. The molecule has 0 amide bonds. The van der Waals surface area contributed by atoms with Gasteiger partial charge in [-0.3, -0.25) is 9.55 Å². The lowest BCUT2D eigenvalue weighted by Gasteiger charge is -2.25. The first-order valence-electron chi connectivity index (χ1n) is 10.8. The summed E-state index contributed by atoms with van der Waals surface area (Å²) in [5, 5.41) is 14.2. The molecule has 0 spiro atoms. The molecule has 2 N–H and O–H groups in total. The Balaban J connectivity index is 1.61. The highest BCUT2D eigenvalue weighted by molar-refractivity contribution is 5.50. The number of imidazole rings is 1. The molecule has 0 saturated heterocycles. The highest BCUT2D eigenvalue weighted by Crippen LogP contribution is 2.27. The van der Waals surface area contributed by atoms with Crippen molar-refractivity contribution in [3.63, 3.8) is 0 Å². The third kappa shape index (κ3) is 5.15. The zero-order valence-electron chi connectivity index (χ0n) is 18.1. The molecule has 0 bridgehead atoms. The molecule has 176 valence electrons. The summed E-state index contributed by atoms with van der Waals surface area (Å²) in [5.41, 5.74) is 1.76. The van der Waals surface area contributed by atoms with Crippen molar-refractivity contribution in [1.82, 2.24) is 14.1 Å². The largest absolute Gasteiger partial charge is 0.573 e.